The summed E-state index contributed by atoms with van der Waals surface area (Å²) in [5.41, 5.74) is 1.27. The predicted octanol–water partition coefficient (Wildman–Crippen LogP) is 1.88. The van der Waals surface area contributed by atoms with Gasteiger partial charge in [0.05, 0.1) is 0 Å². The van der Waals surface area contributed by atoms with Gasteiger partial charge in [0, 0.05) is 19.8 Å². The Bertz CT molecular complexity index is 555. The highest BCUT2D eigenvalue weighted by molar-refractivity contribution is 7.80. The third-order valence-corrected chi connectivity index (χ3v) is 3.36. The van der Waals surface area contributed by atoms with Crippen LogP contribution in [0.25, 0.3) is 6.08 Å². The molecule has 0 spiro atoms. The fourth-order valence-corrected chi connectivity index (χ4v) is 2.27. The van der Waals surface area contributed by atoms with Gasteiger partial charge in [-0.05, 0) is 49.3 Å². The van der Waals surface area contributed by atoms with E-state index in [4.69, 9.17) is 17.0 Å². The Morgan fingerprint density at radius 2 is 2.10 bits per heavy atom. The first-order valence-electron chi connectivity index (χ1n) is 6.83. The number of hydrogen-bond acceptors (Lipinski definition) is 4. The minimum atomic E-state index is -0.135. The van der Waals surface area contributed by atoms with Crippen LogP contribution in [0.4, 0.5) is 0 Å². The lowest BCUT2D eigenvalue weighted by molar-refractivity contribution is -0.122. The van der Waals surface area contributed by atoms with Gasteiger partial charge in [-0.1, -0.05) is 12.1 Å². The molecule has 0 unspecified atom stereocenters. The molecule has 2 N–H and O–H groups in total. The fraction of sp³-hybridized carbons (Fsp3) is 0.333. The van der Waals surface area contributed by atoms with E-state index in [2.05, 4.69) is 5.32 Å². The second-order valence-corrected chi connectivity index (χ2v) is 4.97. The molecule has 0 aromatic heterocycles. The van der Waals surface area contributed by atoms with Crippen LogP contribution in [0.5, 0.6) is 5.75 Å². The molecule has 2 rings (SSSR count). The average Bonchev–Trinajstić information content (AvgIpc) is 2.73. The quantitative estimate of drug-likeness (QED) is 0.477. The number of aromatic hydroxyl groups is 1. The molecule has 6 heteroatoms. The summed E-state index contributed by atoms with van der Waals surface area (Å²) in [4.78, 5) is 13.8. The van der Waals surface area contributed by atoms with Gasteiger partial charge in [-0.15, -0.1) is 0 Å². The van der Waals surface area contributed by atoms with Crippen molar-refractivity contribution >= 4 is 29.3 Å². The van der Waals surface area contributed by atoms with Crippen molar-refractivity contribution in [3.63, 3.8) is 0 Å². The van der Waals surface area contributed by atoms with E-state index in [1.165, 1.54) is 0 Å². The molecular weight excluding hydrogens is 288 g/mol. The van der Waals surface area contributed by atoms with E-state index in [9.17, 15) is 9.90 Å². The van der Waals surface area contributed by atoms with Crippen molar-refractivity contribution < 1.29 is 14.6 Å². The van der Waals surface area contributed by atoms with Crippen LogP contribution < -0.4 is 5.32 Å². The zero-order chi connectivity index (χ0) is 15.2. The van der Waals surface area contributed by atoms with Crippen LogP contribution in [0.3, 0.4) is 0 Å². The SMILES string of the molecule is CCOCCCN1C(=O)C(=Cc2ccc(O)cc2)NC1=S. The topological polar surface area (TPSA) is 61.8 Å². The molecule has 1 amide bonds. The molecule has 1 aromatic carbocycles. The monoisotopic (exact) mass is 306 g/mol. The van der Waals surface area contributed by atoms with Crippen LogP contribution in [0, 0.1) is 0 Å². The van der Waals surface area contributed by atoms with E-state index in [0.717, 1.165) is 12.0 Å². The van der Waals surface area contributed by atoms with E-state index >= 15 is 0 Å². The smallest absolute Gasteiger partial charge is 0.276 e. The normalized spacial score (nSPS) is 16.6. The van der Waals surface area contributed by atoms with Gasteiger partial charge in [-0.25, -0.2) is 0 Å². The number of phenols is 1. The molecule has 5 nitrogen and oxygen atoms in total. The van der Waals surface area contributed by atoms with Crippen LogP contribution in [0.2, 0.25) is 0 Å². The molecule has 21 heavy (non-hydrogen) atoms. The van der Waals surface area contributed by atoms with Crippen molar-refractivity contribution in [3.05, 3.63) is 35.5 Å². The van der Waals surface area contributed by atoms with Crippen molar-refractivity contribution in [2.75, 3.05) is 19.8 Å². The standard InChI is InChI=1S/C15H18N2O3S/c1-2-20-9-3-8-17-14(19)13(16-15(17)21)10-11-4-6-12(18)7-5-11/h4-7,10,18H,2-3,8-9H2,1H3,(H,16,21). The molecule has 0 bridgehead atoms. The molecule has 112 valence electrons. The minimum absolute atomic E-state index is 0.135. The molecule has 1 saturated heterocycles. The third-order valence-electron chi connectivity index (χ3n) is 3.04. The summed E-state index contributed by atoms with van der Waals surface area (Å²) in [5.74, 6) is 0.0560. The molecule has 1 aromatic rings. The lowest BCUT2D eigenvalue weighted by Crippen LogP contribution is -2.32. The van der Waals surface area contributed by atoms with Crippen molar-refractivity contribution in [3.8, 4) is 5.75 Å². The van der Waals surface area contributed by atoms with Gasteiger partial charge < -0.3 is 15.2 Å². The molecule has 0 radical (unpaired) electrons. The van der Waals surface area contributed by atoms with Gasteiger partial charge in [0.2, 0.25) is 0 Å². The van der Waals surface area contributed by atoms with Gasteiger partial charge in [0.1, 0.15) is 11.4 Å². The first kappa shape index (κ1) is 15.5. The number of hydrogen-bond donors (Lipinski definition) is 2. The van der Waals surface area contributed by atoms with Crippen LogP contribution in [0.1, 0.15) is 18.9 Å². The minimum Gasteiger partial charge on any atom is -0.508 e. The Morgan fingerprint density at radius 1 is 1.38 bits per heavy atom. The molecule has 1 aliphatic heterocycles. The maximum Gasteiger partial charge on any atom is 0.276 e. The molecule has 0 aliphatic carbocycles. The number of benzene rings is 1. The Labute approximate surface area is 129 Å². The fourth-order valence-electron chi connectivity index (χ4n) is 1.98. The largest absolute Gasteiger partial charge is 0.508 e. The maximum atomic E-state index is 12.3. The van der Waals surface area contributed by atoms with Crippen LogP contribution in [-0.2, 0) is 9.53 Å². The Kier molecular flexibility index (Phi) is 5.30. The van der Waals surface area contributed by atoms with E-state index < -0.39 is 0 Å². The second kappa shape index (κ2) is 7.19. The van der Waals surface area contributed by atoms with E-state index in [-0.39, 0.29) is 11.7 Å². The van der Waals surface area contributed by atoms with Crippen LogP contribution >= 0.6 is 12.2 Å². The Morgan fingerprint density at radius 3 is 2.76 bits per heavy atom. The number of carbonyl (C=O) groups is 1. The Hall–Kier alpha value is -1.92. The summed E-state index contributed by atoms with van der Waals surface area (Å²) in [6.07, 6.45) is 2.46. The van der Waals surface area contributed by atoms with E-state index in [1.54, 1.807) is 35.2 Å². The number of ether oxygens (including phenoxy) is 1. The number of amides is 1. The zero-order valence-electron chi connectivity index (χ0n) is 11.8. The predicted molar refractivity (Wildman–Crippen MR) is 84.6 cm³/mol. The Balaban J connectivity index is 2.01. The van der Waals surface area contributed by atoms with Crippen molar-refractivity contribution in [1.29, 1.82) is 0 Å². The first-order valence-corrected chi connectivity index (χ1v) is 7.24. The molecular formula is C15H18N2O3S. The van der Waals surface area contributed by atoms with Crippen molar-refractivity contribution in [2.24, 2.45) is 0 Å². The first-order chi connectivity index (χ1) is 10.1. The zero-order valence-corrected chi connectivity index (χ0v) is 12.7. The van der Waals surface area contributed by atoms with Gasteiger partial charge in [-0.3, -0.25) is 9.69 Å². The highest BCUT2D eigenvalue weighted by Gasteiger charge is 2.29. The number of nitrogens with one attached hydrogen (secondary N) is 1. The molecule has 0 atom stereocenters. The summed E-state index contributed by atoms with van der Waals surface area (Å²) in [6.45, 7) is 3.76. The number of carbonyl (C=O) groups excluding carboxylic acids is 1. The maximum absolute atomic E-state index is 12.3. The average molecular weight is 306 g/mol. The van der Waals surface area contributed by atoms with Gasteiger partial charge in [0.25, 0.3) is 5.91 Å². The highest BCUT2D eigenvalue weighted by Crippen LogP contribution is 2.16. The second-order valence-electron chi connectivity index (χ2n) is 4.59. The lowest BCUT2D eigenvalue weighted by Gasteiger charge is -2.13. The highest BCUT2D eigenvalue weighted by atomic mass is 32.1. The summed E-state index contributed by atoms with van der Waals surface area (Å²) >= 11 is 5.18. The van der Waals surface area contributed by atoms with E-state index in [1.807, 2.05) is 6.92 Å². The van der Waals surface area contributed by atoms with E-state index in [0.29, 0.717) is 30.6 Å². The lowest BCUT2D eigenvalue weighted by atomic mass is 10.2. The number of phenolic OH excluding ortho intramolecular Hbond substituents is 1. The number of rotatable bonds is 6. The molecule has 1 fully saturated rings. The summed E-state index contributed by atoms with van der Waals surface area (Å²) < 4.78 is 5.26. The summed E-state index contributed by atoms with van der Waals surface area (Å²) in [7, 11) is 0. The van der Waals surface area contributed by atoms with Crippen molar-refractivity contribution in [2.45, 2.75) is 13.3 Å². The van der Waals surface area contributed by atoms with Gasteiger partial charge in [0.15, 0.2) is 5.11 Å². The summed E-state index contributed by atoms with van der Waals surface area (Å²) in [6, 6.07) is 6.62. The van der Waals surface area contributed by atoms with Gasteiger partial charge >= 0.3 is 0 Å². The number of thiocarbonyl (C=S) groups is 1. The third kappa shape index (κ3) is 4.03. The summed E-state index contributed by atoms with van der Waals surface area (Å²) in [5, 5.41) is 12.6. The number of nitrogens with zero attached hydrogens (tertiary/aromatic N) is 1. The van der Waals surface area contributed by atoms with Crippen molar-refractivity contribution in [1.82, 2.24) is 10.2 Å². The van der Waals surface area contributed by atoms with Crippen LogP contribution in [0.15, 0.2) is 30.0 Å². The molecule has 0 saturated carbocycles. The molecule has 1 aliphatic rings. The van der Waals surface area contributed by atoms with Crippen LogP contribution in [-0.4, -0.2) is 40.8 Å². The van der Waals surface area contributed by atoms with Gasteiger partial charge in [-0.2, -0.15) is 0 Å². The molecule has 1 heterocycles.